The van der Waals surface area contributed by atoms with Crippen LogP contribution in [0.1, 0.15) is 6.92 Å². The van der Waals surface area contributed by atoms with Crippen molar-refractivity contribution >= 4 is 33.8 Å². The molecule has 3 rings (SSSR count). The van der Waals surface area contributed by atoms with E-state index >= 15 is 0 Å². The first-order valence-corrected chi connectivity index (χ1v) is 8.16. The first-order chi connectivity index (χ1) is 12.0. The summed E-state index contributed by atoms with van der Waals surface area (Å²) in [5.41, 5.74) is 1.95. The number of aromatic nitrogens is 1. The van der Waals surface area contributed by atoms with Crippen molar-refractivity contribution in [2.45, 2.75) is 6.92 Å². The number of para-hydroxylation sites is 2. The highest BCUT2D eigenvalue weighted by Gasteiger charge is 2.14. The minimum absolute atomic E-state index is 0.00927. The monoisotopic (exact) mass is 355 g/mol. The number of nitro groups is 1. The maximum atomic E-state index is 11.1. The van der Waals surface area contributed by atoms with Crippen LogP contribution < -0.4 is 10.1 Å². The molecule has 3 aromatic rings. The van der Waals surface area contributed by atoms with Gasteiger partial charge in [-0.1, -0.05) is 12.1 Å². The Morgan fingerprint density at radius 1 is 1.20 bits per heavy atom. The third kappa shape index (κ3) is 3.99. The zero-order valence-corrected chi connectivity index (χ0v) is 13.9. The minimum Gasteiger partial charge on any atom is -0.427 e. The second-order valence-electron chi connectivity index (χ2n) is 5.06. The molecule has 0 spiro atoms. The molecule has 0 fully saturated rings. The van der Waals surface area contributed by atoms with Gasteiger partial charge in [-0.25, -0.2) is 4.98 Å². The number of anilines is 2. The van der Waals surface area contributed by atoms with Crippen LogP contribution in [0.25, 0.3) is 11.3 Å². The molecule has 0 aliphatic heterocycles. The van der Waals surface area contributed by atoms with E-state index in [1.807, 2.05) is 5.38 Å². The van der Waals surface area contributed by atoms with Gasteiger partial charge < -0.3 is 10.1 Å². The Morgan fingerprint density at radius 3 is 2.60 bits per heavy atom. The molecule has 0 aliphatic rings. The topological polar surface area (TPSA) is 94.4 Å². The molecule has 0 bridgehead atoms. The zero-order chi connectivity index (χ0) is 17.8. The number of ether oxygens (including phenoxy) is 1. The highest BCUT2D eigenvalue weighted by atomic mass is 32.1. The van der Waals surface area contributed by atoms with Crippen molar-refractivity contribution < 1.29 is 14.5 Å². The molecule has 0 radical (unpaired) electrons. The van der Waals surface area contributed by atoms with Gasteiger partial charge in [-0.2, -0.15) is 0 Å². The second-order valence-corrected chi connectivity index (χ2v) is 5.91. The Kier molecular flexibility index (Phi) is 4.71. The fourth-order valence-electron chi connectivity index (χ4n) is 2.18. The minimum atomic E-state index is -0.440. The summed E-state index contributed by atoms with van der Waals surface area (Å²) in [5.74, 6) is 0.0853. The summed E-state index contributed by atoms with van der Waals surface area (Å²) < 4.78 is 4.99. The Hall–Kier alpha value is -3.26. The summed E-state index contributed by atoms with van der Waals surface area (Å²) in [6.07, 6.45) is 0. The van der Waals surface area contributed by atoms with E-state index in [4.69, 9.17) is 4.74 Å². The molecule has 2 aromatic carbocycles. The van der Waals surface area contributed by atoms with E-state index in [9.17, 15) is 14.9 Å². The molecule has 1 aromatic heterocycles. The van der Waals surface area contributed by atoms with Crippen molar-refractivity contribution in [3.05, 3.63) is 64.0 Å². The molecule has 1 heterocycles. The summed E-state index contributed by atoms with van der Waals surface area (Å²) in [6, 6.07) is 13.4. The van der Waals surface area contributed by atoms with Gasteiger partial charge in [-0.3, -0.25) is 14.9 Å². The molecular weight excluding hydrogens is 342 g/mol. The average molecular weight is 355 g/mol. The van der Waals surface area contributed by atoms with Crippen LogP contribution in [0.3, 0.4) is 0 Å². The highest BCUT2D eigenvalue weighted by Crippen LogP contribution is 2.31. The van der Waals surface area contributed by atoms with Crippen LogP contribution in [0.2, 0.25) is 0 Å². The van der Waals surface area contributed by atoms with Gasteiger partial charge >= 0.3 is 5.97 Å². The van der Waals surface area contributed by atoms with Crippen LogP contribution in [0.15, 0.2) is 53.9 Å². The normalized spacial score (nSPS) is 10.3. The largest absolute Gasteiger partial charge is 0.427 e. The van der Waals surface area contributed by atoms with Crippen LogP contribution in [0, 0.1) is 10.1 Å². The zero-order valence-electron chi connectivity index (χ0n) is 13.1. The van der Waals surface area contributed by atoms with Crippen LogP contribution in [0.5, 0.6) is 5.75 Å². The third-order valence-corrected chi connectivity index (χ3v) is 4.02. The number of nitro benzene ring substituents is 1. The number of carbonyl (C=O) groups excluding carboxylic acids is 1. The Balaban J connectivity index is 1.79. The van der Waals surface area contributed by atoms with Crippen LogP contribution in [0.4, 0.5) is 16.5 Å². The second kappa shape index (κ2) is 7.10. The number of benzene rings is 2. The molecular formula is C17H13N3O4S. The Morgan fingerprint density at radius 2 is 1.92 bits per heavy atom. The van der Waals surface area contributed by atoms with Crippen molar-refractivity contribution in [1.82, 2.24) is 4.98 Å². The fourth-order valence-corrected chi connectivity index (χ4v) is 2.91. The lowest BCUT2D eigenvalue weighted by atomic mass is 10.2. The van der Waals surface area contributed by atoms with E-state index in [-0.39, 0.29) is 11.7 Å². The summed E-state index contributed by atoms with van der Waals surface area (Å²) in [7, 11) is 0. The molecule has 0 saturated carbocycles. The van der Waals surface area contributed by atoms with Gasteiger partial charge in [0.15, 0.2) is 5.13 Å². The molecule has 0 saturated heterocycles. The number of hydrogen-bond acceptors (Lipinski definition) is 7. The summed E-state index contributed by atoms with van der Waals surface area (Å²) in [5, 5.41) is 16.4. The van der Waals surface area contributed by atoms with Gasteiger partial charge in [0.25, 0.3) is 5.69 Å². The lowest BCUT2D eigenvalue weighted by Crippen LogP contribution is -2.00. The molecule has 1 N–H and O–H groups in total. The van der Waals surface area contributed by atoms with E-state index < -0.39 is 4.92 Å². The molecule has 0 atom stereocenters. The molecule has 7 nitrogen and oxygen atoms in total. The summed E-state index contributed by atoms with van der Waals surface area (Å²) in [4.78, 5) is 26.0. The maximum absolute atomic E-state index is 11.1. The first-order valence-electron chi connectivity index (χ1n) is 7.28. The summed E-state index contributed by atoms with van der Waals surface area (Å²) >= 11 is 1.34. The van der Waals surface area contributed by atoms with Crippen molar-refractivity contribution in [3.8, 4) is 17.0 Å². The van der Waals surface area contributed by atoms with Crippen molar-refractivity contribution in [1.29, 1.82) is 0 Å². The number of carbonyl (C=O) groups is 1. The molecule has 0 unspecified atom stereocenters. The van der Waals surface area contributed by atoms with Gasteiger partial charge in [0.2, 0.25) is 0 Å². The van der Waals surface area contributed by atoms with Crippen LogP contribution >= 0.6 is 11.3 Å². The standard InChI is InChI=1S/C17H13N3O4S/c1-11(21)24-13-8-6-12(7-9-13)15-10-25-17(19-15)18-14-4-2-3-5-16(14)20(22)23/h2-10H,1H3,(H,18,19). The molecule has 0 amide bonds. The number of hydrogen-bond donors (Lipinski definition) is 1. The molecule has 126 valence electrons. The Labute approximate surface area is 147 Å². The van der Waals surface area contributed by atoms with E-state index in [2.05, 4.69) is 10.3 Å². The average Bonchev–Trinajstić information content (AvgIpc) is 3.04. The van der Waals surface area contributed by atoms with E-state index in [0.29, 0.717) is 16.6 Å². The van der Waals surface area contributed by atoms with Gasteiger partial charge in [0.05, 0.1) is 10.6 Å². The first kappa shape index (κ1) is 16.6. The third-order valence-electron chi connectivity index (χ3n) is 3.26. The Bertz CT molecular complexity index is 922. The van der Waals surface area contributed by atoms with Gasteiger partial charge in [-0.15, -0.1) is 11.3 Å². The predicted molar refractivity (Wildman–Crippen MR) is 95.2 cm³/mol. The number of nitrogens with zero attached hydrogens (tertiary/aromatic N) is 2. The van der Waals surface area contributed by atoms with Crippen molar-refractivity contribution in [2.24, 2.45) is 0 Å². The van der Waals surface area contributed by atoms with E-state index in [1.54, 1.807) is 42.5 Å². The smallest absolute Gasteiger partial charge is 0.308 e. The SMILES string of the molecule is CC(=O)Oc1ccc(-c2csc(Nc3ccccc3[N+](=O)[O-])n2)cc1. The van der Waals surface area contributed by atoms with Crippen molar-refractivity contribution in [3.63, 3.8) is 0 Å². The molecule has 0 aliphatic carbocycles. The van der Waals surface area contributed by atoms with Gasteiger partial charge in [0, 0.05) is 23.9 Å². The van der Waals surface area contributed by atoms with E-state index in [1.165, 1.54) is 24.3 Å². The van der Waals surface area contributed by atoms with Crippen molar-refractivity contribution in [2.75, 3.05) is 5.32 Å². The number of esters is 1. The predicted octanol–water partition coefficient (Wildman–Crippen LogP) is 4.39. The van der Waals surface area contributed by atoms with Gasteiger partial charge in [-0.05, 0) is 30.3 Å². The number of thiazole rings is 1. The number of nitrogens with one attached hydrogen (secondary N) is 1. The highest BCUT2D eigenvalue weighted by molar-refractivity contribution is 7.14. The summed E-state index contributed by atoms with van der Waals surface area (Å²) in [6.45, 7) is 1.34. The fraction of sp³-hybridized carbons (Fsp3) is 0.0588. The maximum Gasteiger partial charge on any atom is 0.308 e. The van der Waals surface area contributed by atoms with Crippen LogP contribution in [-0.2, 0) is 4.79 Å². The number of rotatable bonds is 5. The lowest BCUT2D eigenvalue weighted by Gasteiger charge is -2.03. The van der Waals surface area contributed by atoms with E-state index in [0.717, 1.165) is 11.3 Å². The van der Waals surface area contributed by atoms with Crippen LogP contribution in [-0.4, -0.2) is 15.9 Å². The quantitative estimate of drug-likeness (QED) is 0.316. The lowest BCUT2D eigenvalue weighted by molar-refractivity contribution is -0.383. The van der Waals surface area contributed by atoms with Gasteiger partial charge in [0.1, 0.15) is 11.4 Å². The molecule has 25 heavy (non-hydrogen) atoms. The molecule has 8 heteroatoms.